The monoisotopic (exact) mass is 300 g/mol. The van der Waals surface area contributed by atoms with Crippen molar-refractivity contribution in [2.24, 2.45) is 5.92 Å². The molecular weight excluding hydrogens is 284 g/mol. The second-order valence-corrected chi connectivity index (χ2v) is 7.49. The molecule has 0 spiro atoms. The molecule has 2 heteroatoms. The Kier molecular flexibility index (Phi) is 5.32. The van der Waals surface area contributed by atoms with Crippen LogP contribution in [0.2, 0.25) is 0 Å². The van der Waals surface area contributed by atoms with Crippen molar-refractivity contribution in [3.8, 4) is 0 Å². The fourth-order valence-electron chi connectivity index (χ4n) is 2.41. The van der Waals surface area contributed by atoms with Gasteiger partial charge in [-0.3, -0.25) is 12.9 Å². The second-order valence-electron chi connectivity index (χ2n) is 4.72. The minimum absolute atomic E-state index is 0.187. The summed E-state index contributed by atoms with van der Waals surface area (Å²) in [6.07, 6.45) is 9.40. The van der Waals surface area contributed by atoms with Crippen LogP contribution in [0.15, 0.2) is 43.0 Å². The Labute approximate surface area is 120 Å². The highest BCUT2D eigenvalue weighted by Gasteiger charge is 2.13. The van der Waals surface area contributed by atoms with Crippen LogP contribution in [0.3, 0.4) is 0 Å². The molecule has 1 aliphatic carbocycles. The van der Waals surface area contributed by atoms with Gasteiger partial charge in [-0.25, -0.2) is 0 Å². The van der Waals surface area contributed by atoms with Gasteiger partial charge in [-0.2, -0.15) is 3.69 Å². The summed E-state index contributed by atoms with van der Waals surface area (Å²) in [7, 11) is 0. The molecule has 0 bridgehead atoms. The zero-order valence-electron chi connectivity index (χ0n) is 10.2. The summed E-state index contributed by atoms with van der Waals surface area (Å²) >= 11 is 3.43. The molecule has 0 aromatic heterocycles. The molecule has 17 heavy (non-hydrogen) atoms. The maximum atomic E-state index is 3.83. The fraction of sp³-hybridized carbons (Fsp3) is 0.333. The van der Waals surface area contributed by atoms with Crippen molar-refractivity contribution < 1.29 is 0 Å². The Balaban J connectivity index is 2.05. The van der Waals surface area contributed by atoms with Crippen LogP contribution in [0.5, 0.6) is 0 Å². The number of allylic oxidation sites excluding steroid dienone is 3. The Morgan fingerprint density at radius 2 is 2.12 bits per heavy atom. The van der Waals surface area contributed by atoms with Crippen molar-refractivity contribution in [2.75, 3.05) is 0 Å². The average Bonchev–Trinajstić information content (AvgIpc) is 2.40. The molecular formula is C15H17BrMg. The number of rotatable bonds is 4. The Hall–Kier alpha value is -0.0538. The van der Waals surface area contributed by atoms with E-state index < -0.39 is 0 Å². The van der Waals surface area contributed by atoms with Gasteiger partial charge in [0, 0.05) is 0 Å². The first-order valence-electron chi connectivity index (χ1n) is 6.28. The summed E-state index contributed by atoms with van der Waals surface area (Å²) < 4.78 is 1.48. The van der Waals surface area contributed by atoms with Crippen molar-refractivity contribution in [2.45, 2.75) is 25.7 Å². The normalized spacial score (nSPS) is 19.4. The smallest absolute Gasteiger partial charge is 0.296 e. The third-order valence-corrected chi connectivity index (χ3v) is 6.22. The molecule has 1 aliphatic rings. The van der Waals surface area contributed by atoms with E-state index in [4.69, 9.17) is 0 Å². The van der Waals surface area contributed by atoms with Crippen LogP contribution in [0.25, 0.3) is 5.57 Å². The number of benzene rings is 1. The van der Waals surface area contributed by atoms with Crippen LogP contribution in [0.4, 0.5) is 0 Å². The van der Waals surface area contributed by atoms with E-state index in [2.05, 4.69) is 55.9 Å². The number of hydrogen-bond acceptors (Lipinski definition) is 0. The van der Waals surface area contributed by atoms with Crippen LogP contribution >= 0.6 is 12.9 Å². The summed E-state index contributed by atoms with van der Waals surface area (Å²) in [5.41, 5.74) is 2.95. The van der Waals surface area contributed by atoms with Gasteiger partial charge in [-0.05, 0) is 42.7 Å². The molecule has 1 aromatic carbocycles. The minimum Gasteiger partial charge on any atom is -0.296 e. The summed E-state index contributed by atoms with van der Waals surface area (Å²) in [4.78, 5) is 0. The molecule has 0 nitrogen and oxygen atoms in total. The fourth-order valence-corrected chi connectivity index (χ4v) is 3.94. The zero-order valence-corrected chi connectivity index (χ0v) is 13.2. The first kappa shape index (κ1) is 13.4. The molecule has 0 N–H and O–H groups in total. The summed E-state index contributed by atoms with van der Waals surface area (Å²) in [5, 5.41) is 0. The molecule has 1 atom stereocenters. The minimum atomic E-state index is -0.187. The Morgan fingerprint density at radius 3 is 2.65 bits per heavy atom. The van der Waals surface area contributed by atoms with Gasteiger partial charge in [-0.15, -0.1) is 6.58 Å². The molecule has 0 saturated heterocycles. The maximum absolute atomic E-state index is 3.83. The van der Waals surface area contributed by atoms with Gasteiger partial charge in [-0.1, -0.05) is 36.4 Å². The zero-order chi connectivity index (χ0) is 12.1. The summed E-state index contributed by atoms with van der Waals surface area (Å²) in [6, 6.07) is 9.10. The highest BCUT2D eigenvalue weighted by molar-refractivity contribution is 9.23. The molecule has 1 unspecified atom stereocenters. The van der Waals surface area contributed by atoms with E-state index in [1.807, 2.05) is 0 Å². The van der Waals surface area contributed by atoms with Gasteiger partial charge in [0.15, 0.2) is 0 Å². The Morgan fingerprint density at radius 1 is 1.35 bits per heavy atom. The standard InChI is InChI=1S/C15H17.BrH.Mg/c1-2-6-13-9-11-15(12-10-13)14-7-4-3-5-8-14;;/h2,4-5,7-8,11,13H,1,6,9-10,12H2;1H;/q;;+1/p-1. The van der Waals surface area contributed by atoms with E-state index in [0.717, 1.165) is 12.3 Å². The lowest BCUT2D eigenvalue weighted by Gasteiger charge is -2.21. The van der Waals surface area contributed by atoms with Crippen LogP contribution < -0.4 is 3.69 Å². The predicted octanol–water partition coefficient (Wildman–Crippen LogP) is 4.09. The highest BCUT2D eigenvalue weighted by atomic mass is 79.9. The molecule has 0 radical (unpaired) electrons. The van der Waals surface area contributed by atoms with Crippen molar-refractivity contribution in [1.29, 1.82) is 0 Å². The van der Waals surface area contributed by atoms with Crippen molar-refractivity contribution in [3.05, 3.63) is 48.6 Å². The lowest BCUT2D eigenvalue weighted by Crippen LogP contribution is -2.08. The van der Waals surface area contributed by atoms with Gasteiger partial charge in [0.05, 0.1) is 0 Å². The lowest BCUT2D eigenvalue weighted by molar-refractivity contribution is 0.492. The molecule has 0 saturated carbocycles. The van der Waals surface area contributed by atoms with E-state index in [9.17, 15) is 0 Å². The first-order chi connectivity index (χ1) is 8.33. The van der Waals surface area contributed by atoms with Crippen molar-refractivity contribution in [1.82, 2.24) is 0 Å². The molecule has 1 aromatic rings. The van der Waals surface area contributed by atoms with Gasteiger partial charge in [0.1, 0.15) is 0 Å². The third kappa shape index (κ3) is 3.70. The quantitative estimate of drug-likeness (QED) is 0.580. The molecule has 86 valence electrons. The van der Waals surface area contributed by atoms with E-state index in [1.54, 1.807) is 0 Å². The Bertz CT molecular complexity index is 405. The number of halogens is 1. The summed E-state index contributed by atoms with van der Waals surface area (Å²) in [6.45, 7) is 3.83. The molecule has 0 fully saturated rings. The van der Waals surface area contributed by atoms with Crippen LogP contribution in [-0.2, 0) is 0 Å². The van der Waals surface area contributed by atoms with Crippen LogP contribution in [0, 0.1) is 5.92 Å². The van der Waals surface area contributed by atoms with Crippen molar-refractivity contribution in [3.63, 3.8) is 0 Å². The topological polar surface area (TPSA) is 0 Å². The second kappa shape index (κ2) is 6.77. The van der Waals surface area contributed by atoms with E-state index >= 15 is 0 Å². The van der Waals surface area contributed by atoms with E-state index in [1.165, 1.54) is 34.1 Å². The van der Waals surface area contributed by atoms with Gasteiger partial charge < -0.3 is 0 Å². The van der Waals surface area contributed by atoms with Crippen LogP contribution in [0.1, 0.15) is 31.2 Å². The highest BCUT2D eigenvalue weighted by Crippen LogP contribution is 2.31. The van der Waals surface area contributed by atoms with E-state index in [0.29, 0.717) is 0 Å². The van der Waals surface area contributed by atoms with Gasteiger partial charge >= 0.3 is 18.2 Å². The molecule has 0 heterocycles. The molecule has 0 aliphatic heterocycles. The van der Waals surface area contributed by atoms with Gasteiger partial charge in [0.25, 0.3) is 0 Å². The molecule has 2 rings (SSSR count). The lowest BCUT2D eigenvalue weighted by atomic mass is 9.85. The third-order valence-electron chi connectivity index (χ3n) is 3.50. The summed E-state index contributed by atoms with van der Waals surface area (Å²) in [5.74, 6) is 0.825. The number of hydrogen-bond donors (Lipinski definition) is 0. The molecule has 0 amide bonds. The SMILES string of the molecule is C=CCC1CC=C(c2cc[c]([Mg][Br])cc2)CC1. The van der Waals surface area contributed by atoms with Gasteiger partial charge in [0.2, 0.25) is 0 Å². The van der Waals surface area contributed by atoms with Crippen molar-refractivity contribution >= 4 is 40.3 Å². The maximum Gasteiger partial charge on any atom is 0.506 e. The average molecular weight is 302 g/mol. The first-order valence-corrected chi connectivity index (χ1v) is 10.9. The predicted molar refractivity (Wildman–Crippen MR) is 80.9 cm³/mol. The largest absolute Gasteiger partial charge is 0.506 e. The van der Waals surface area contributed by atoms with Crippen LogP contribution in [-0.4, -0.2) is 18.2 Å². The van der Waals surface area contributed by atoms with E-state index in [-0.39, 0.29) is 18.2 Å².